The monoisotopic (exact) mass is 463 g/mol. The van der Waals surface area contributed by atoms with Crippen LogP contribution in [0.3, 0.4) is 0 Å². The third kappa shape index (κ3) is 5.22. The molecule has 0 bridgehead atoms. The summed E-state index contributed by atoms with van der Waals surface area (Å²) in [6.45, 7) is 6.56. The van der Waals surface area contributed by atoms with Crippen molar-refractivity contribution in [1.29, 1.82) is 0 Å². The smallest absolute Gasteiger partial charge is 0.248 e. The zero-order valence-electron chi connectivity index (χ0n) is 19.2. The predicted molar refractivity (Wildman–Crippen MR) is 131 cm³/mol. The molecule has 1 aliphatic heterocycles. The summed E-state index contributed by atoms with van der Waals surface area (Å²) >= 11 is 1.62. The molecule has 2 heterocycles. The van der Waals surface area contributed by atoms with Crippen LogP contribution in [0.25, 0.3) is 0 Å². The number of anilines is 1. The number of primary amides is 1. The number of carbonyl (C=O) groups is 1. The van der Waals surface area contributed by atoms with Crippen molar-refractivity contribution in [2.24, 2.45) is 5.73 Å². The number of hydrogen-bond donors (Lipinski definition) is 2. The third-order valence-electron chi connectivity index (χ3n) is 5.51. The molecule has 3 N–H and O–H groups in total. The SMILES string of the molecule is CCCCSc1nc2n(n1)C(c1ccc(OCc3cccc(C)c3)cc1)C(C(N)=O)=C(C)N2. The van der Waals surface area contributed by atoms with Gasteiger partial charge in [-0.2, -0.15) is 4.98 Å². The quantitative estimate of drug-likeness (QED) is 0.349. The second-order valence-corrected chi connectivity index (χ2v) is 9.20. The average Bonchev–Trinajstić information content (AvgIpc) is 3.19. The zero-order valence-corrected chi connectivity index (χ0v) is 20.0. The number of allylic oxidation sites excluding steroid dienone is 1. The summed E-state index contributed by atoms with van der Waals surface area (Å²) < 4.78 is 7.71. The van der Waals surface area contributed by atoms with Crippen LogP contribution in [0.5, 0.6) is 5.75 Å². The first-order chi connectivity index (χ1) is 16.0. The van der Waals surface area contributed by atoms with Gasteiger partial charge in [0.15, 0.2) is 0 Å². The number of aryl methyl sites for hydroxylation is 1. The van der Waals surface area contributed by atoms with Crippen molar-refractivity contribution in [3.8, 4) is 5.75 Å². The van der Waals surface area contributed by atoms with Crippen LogP contribution in [0, 0.1) is 6.92 Å². The van der Waals surface area contributed by atoms with Gasteiger partial charge in [-0.15, -0.1) is 5.10 Å². The van der Waals surface area contributed by atoms with Gasteiger partial charge in [-0.3, -0.25) is 4.79 Å². The maximum Gasteiger partial charge on any atom is 0.248 e. The largest absolute Gasteiger partial charge is 0.489 e. The van der Waals surface area contributed by atoms with Crippen LogP contribution in [0.1, 0.15) is 49.4 Å². The molecule has 1 aromatic heterocycles. The molecule has 3 aromatic rings. The first kappa shape index (κ1) is 22.9. The normalized spacial score (nSPS) is 15.2. The number of hydrogen-bond acceptors (Lipinski definition) is 6. The zero-order chi connectivity index (χ0) is 23.4. The van der Waals surface area contributed by atoms with E-state index in [4.69, 9.17) is 10.5 Å². The van der Waals surface area contributed by atoms with Crippen LogP contribution in [0.4, 0.5) is 5.95 Å². The van der Waals surface area contributed by atoms with Crippen molar-refractivity contribution in [3.63, 3.8) is 0 Å². The third-order valence-corrected chi connectivity index (χ3v) is 6.44. The van der Waals surface area contributed by atoms with Crippen molar-refractivity contribution in [1.82, 2.24) is 14.8 Å². The Hall–Kier alpha value is -3.26. The number of carbonyl (C=O) groups excluding carboxylic acids is 1. The standard InChI is InChI=1S/C25H29N5O2S/c1-4-5-13-33-25-28-24-27-17(3)21(23(26)31)22(30(24)29-25)19-9-11-20(12-10-19)32-15-18-8-6-7-16(2)14-18/h6-12,14,22H,4-5,13,15H2,1-3H3,(H2,26,31)(H,27,28,29). The van der Waals surface area contributed by atoms with E-state index in [1.54, 1.807) is 16.4 Å². The Balaban J connectivity index is 1.58. The van der Waals surface area contributed by atoms with Crippen molar-refractivity contribution in [2.75, 3.05) is 11.1 Å². The van der Waals surface area contributed by atoms with Crippen molar-refractivity contribution < 1.29 is 9.53 Å². The first-order valence-electron chi connectivity index (χ1n) is 11.1. The summed E-state index contributed by atoms with van der Waals surface area (Å²) in [5, 5.41) is 8.56. The van der Waals surface area contributed by atoms with Crippen LogP contribution in [0.2, 0.25) is 0 Å². The number of nitrogens with zero attached hydrogens (tertiary/aromatic N) is 3. The molecule has 0 fully saturated rings. The fraction of sp³-hybridized carbons (Fsp3) is 0.320. The Labute approximate surface area is 198 Å². The number of aromatic nitrogens is 3. The molecule has 1 unspecified atom stereocenters. The summed E-state index contributed by atoms with van der Waals surface area (Å²) in [4.78, 5) is 17.0. The Kier molecular flexibility index (Phi) is 7.03. The van der Waals surface area contributed by atoms with Gasteiger partial charge in [0.25, 0.3) is 0 Å². The van der Waals surface area contributed by atoms with E-state index in [0.29, 0.717) is 29.0 Å². The van der Waals surface area contributed by atoms with Gasteiger partial charge in [0.2, 0.25) is 17.0 Å². The van der Waals surface area contributed by atoms with Gasteiger partial charge in [0, 0.05) is 11.4 Å². The average molecular weight is 464 g/mol. The van der Waals surface area contributed by atoms with Gasteiger partial charge in [0.1, 0.15) is 18.4 Å². The van der Waals surface area contributed by atoms with E-state index in [2.05, 4.69) is 41.4 Å². The van der Waals surface area contributed by atoms with E-state index in [-0.39, 0.29) is 0 Å². The molecule has 1 atom stereocenters. The van der Waals surface area contributed by atoms with Gasteiger partial charge >= 0.3 is 0 Å². The molecule has 2 aromatic carbocycles. The van der Waals surface area contributed by atoms with E-state index in [9.17, 15) is 4.79 Å². The first-order valence-corrected chi connectivity index (χ1v) is 12.1. The van der Waals surface area contributed by atoms with Crippen LogP contribution in [-0.2, 0) is 11.4 Å². The second kappa shape index (κ2) is 10.1. The molecule has 0 spiro atoms. The van der Waals surface area contributed by atoms with Gasteiger partial charge in [0.05, 0.1) is 5.57 Å². The summed E-state index contributed by atoms with van der Waals surface area (Å²) in [5.74, 6) is 1.84. The molecule has 8 heteroatoms. The molecule has 33 heavy (non-hydrogen) atoms. The molecule has 0 aliphatic carbocycles. The minimum atomic E-state index is -0.480. The van der Waals surface area contributed by atoms with E-state index < -0.39 is 11.9 Å². The number of unbranched alkanes of at least 4 members (excludes halogenated alkanes) is 1. The second-order valence-electron chi connectivity index (χ2n) is 8.14. The summed E-state index contributed by atoms with van der Waals surface area (Å²) in [6, 6.07) is 15.5. The molecule has 7 nitrogen and oxygen atoms in total. The lowest BCUT2D eigenvalue weighted by atomic mass is 9.95. The summed E-state index contributed by atoms with van der Waals surface area (Å²) in [7, 11) is 0. The molecule has 0 saturated heterocycles. The Morgan fingerprint density at radius 1 is 1.21 bits per heavy atom. The molecular weight excluding hydrogens is 434 g/mol. The number of amides is 1. The van der Waals surface area contributed by atoms with Crippen molar-refractivity contribution in [3.05, 3.63) is 76.5 Å². The van der Waals surface area contributed by atoms with Gasteiger partial charge in [-0.1, -0.05) is 67.1 Å². The molecule has 172 valence electrons. The Bertz CT molecular complexity index is 1170. The highest BCUT2D eigenvalue weighted by Gasteiger charge is 2.33. The fourth-order valence-corrected chi connectivity index (χ4v) is 4.75. The van der Waals surface area contributed by atoms with Crippen molar-refractivity contribution >= 4 is 23.6 Å². The maximum atomic E-state index is 12.4. The minimum Gasteiger partial charge on any atom is -0.489 e. The molecule has 1 amide bonds. The summed E-state index contributed by atoms with van der Waals surface area (Å²) in [5.41, 5.74) is 10.2. The predicted octanol–water partition coefficient (Wildman–Crippen LogP) is 4.83. The summed E-state index contributed by atoms with van der Waals surface area (Å²) in [6.07, 6.45) is 2.21. The Morgan fingerprint density at radius 2 is 2.00 bits per heavy atom. The Morgan fingerprint density at radius 3 is 2.70 bits per heavy atom. The van der Waals surface area contributed by atoms with E-state index in [1.807, 2.05) is 43.3 Å². The molecule has 0 saturated carbocycles. The molecule has 1 aliphatic rings. The maximum absolute atomic E-state index is 12.4. The topological polar surface area (TPSA) is 95.1 Å². The van der Waals surface area contributed by atoms with E-state index >= 15 is 0 Å². The van der Waals surface area contributed by atoms with Gasteiger partial charge < -0.3 is 15.8 Å². The highest BCUT2D eigenvalue weighted by molar-refractivity contribution is 7.99. The minimum absolute atomic E-state index is 0.447. The van der Waals surface area contributed by atoms with Gasteiger partial charge in [-0.25, -0.2) is 4.68 Å². The van der Waals surface area contributed by atoms with Crippen molar-refractivity contribution in [2.45, 2.75) is 51.4 Å². The fourth-order valence-electron chi connectivity index (χ4n) is 3.84. The number of fused-ring (bicyclic) bond motifs is 1. The number of rotatable bonds is 9. The van der Waals surface area contributed by atoms with E-state index in [1.165, 1.54) is 5.56 Å². The highest BCUT2D eigenvalue weighted by atomic mass is 32.2. The number of benzene rings is 2. The number of nitrogens with two attached hydrogens (primary N) is 1. The van der Waals surface area contributed by atoms with Gasteiger partial charge in [-0.05, 0) is 43.5 Å². The number of nitrogens with one attached hydrogen (secondary N) is 1. The van der Waals surface area contributed by atoms with Crippen LogP contribution < -0.4 is 15.8 Å². The molecule has 4 rings (SSSR count). The number of thioether (sulfide) groups is 1. The van der Waals surface area contributed by atoms with Crippen LogP contribution in [-0.4, -0.2) is 26.4 Å². The molecule has 0 radical (unpaired) electrons. The number of ether oxygens (including phenoxy) is 1. The van der Waals surface area contributed by atoms with Crippen LogP contribution >= 0.6 is 11.8 Å². The lowest BCUT2D eigenvalue weighted by molar-refractivity contribution is -0.115. The highest BCUT2D eigenvalue weighted by Crippen LogP contribution is 2.36. The lowest BCUT2D eigenvalue weighted by Gasteiger charge is -2.27. The lowest BCUT2D eigenvalue weighted by Crippen LogP contribution is -2.31. The van der Waals surface area contributed by atoms with E-state index in [0.717, 1.165) is 35.5 Å². The van der Waals surface area contributed by atoms with Crippen LogP contribution in [0.15, 0.2) is 65.0 Å². The molecular formula is C25H29N5O2S.